The Morgan fingerprint density at radius 2 is 1.41 bits per heavy atom. The molecule has 288 valence electrons. The summed E-state index contributed by atoms with van der Waals surface area (Å²) in [4.78, 5) is 46.1. The van der Waals surface area contributed by atoms with Gasteiger partial charge >= 0.3 is 0 Å². The summed E-state index contributed by atoms with van der Waals surface area (Å²) in [5, 5.41) is 11.2. The number of ether oxygens (including phenoxy) is 1. The van der Waals surface area contributed by atoms with E-state index in [1.807, 2.05) is 115 Å². The lowest BCUT2D eigenvalue weighted by atomic mass is 10.1. The Kier molecular flexibility index (Phi) is 13.3. The normalized spacial score (nSPS) is 11.7. The molecule has 0 fully saturated rings. The van der Waals surface area contributed by atoms with E-state index in [4.69, 9.17) is 27.9 Å². The van der Waals surface area contributed by atoms with Crippen LogP contribution in [0.5, 0.6) is 5.75 Å². The largest absolute Gasteiger partial charge is 0.489 e. The van der Waals surface area contributed by atoms with Crippen molar-refractivity contribution in [3.05, 3.63) is 201 Å². The fourth-order valence-corrected chi connectivity index (χ4v) is 7.70. The first-order valence-electron chi connectivity index (χ1n) is 18.0. The summed E-state index contributed by atoms with van der Waals surface area (Å²) < 4.78 is 5.92. The Bertz CT molecular complexity index is 2540. The van der Waals surface area contributed by atoms with E-state index in [-0.39, 0.29) is 11.6 Å². The second kappa shape index (κ2) is 19.3. The number of anilines is 2. The van der Waals surface area contributed by atoms with Crippen molar-refractivity contribution in [1.82, 2.24) is 10.3 Å². The van der Waals surface area contributed by atoms with Gasteiger partial charge in [-0.15, -0.1) is 23.1 Å². The molecule has 0 radical (unpaired) electrons. The molecule has 12 heteroatoms. The molecule has 1 aromatic heterocycles. The monoisotopic (exact) mass is 840 g/mol. The van der Waals surface area contributed by atoms with E-state index in [1.165, 1.54) is 23.1 Å². The number of carbonyl (C=O) groups is 3. The van der Waals surface area contributed by atoms with Gasteiger partial charge in [-0.2, -0.15) is 0 Å². The highest BCUT2D eigenvalue weighted by Crippen LogP contribution is 2.38. The number of nitrogens with zero attached hydrogens (tertiary/aromatic N) is 1. The summed E-state index contributed by atoms with van der Waals surface area (Å²) in [5.74, 6) is -0.518. The summed E-state index contributed by atoms with van der Waals surface area (Å²) >= 11 is 15.0. The molecule has 0 saturated heterocycles. The van der Waals surface area contributed by atoms with Gasteiger partial charge < -0.3 is 20.7 Å². The quantitative estimate of drug-likeness (QED) is 0.0743. The van der Waals surface area contributed by atoms with Crippen molar-refractivity contribution in [3.63, 3.8) is 0 Å². The fourth-order valence-electron chi connectivity index (χ4n) is 5.65. The lowest BCUT2D eigenvalue weighted by Crippen LogP contribution is -2.30. The van der Waals surface area contributed by atoms with Crippen LogP contribution >= 0.6 is 46.3 Å². The Balaban J connectivity index is 1.04. The molecule has 0 saturated carbocycles. The van der Waals surface area contributed by atoms with Crippen molar-refractivity contribution >= 4 is 80.9 Å². The number of amides is 3. The van der Waals surface area contributed by atoms with Gasteiger partial charge in [-0.1, -0.05) is 120 Å². The maximum absolute atomic E-state index is 13.8. The highest BCUT2D eigenvalue weighted by Gasteiger charge is 2.24. The second-order valence-corrected chi connectivity index (χ2v) is 15.6. The van der Waals surface area contributed by atoms with Crippen LogP contribution < -0.4 is 20.7 Å². The molecule has 1 atom stereocenters. The van der Waals surface area contributed by atoms with Gasteiger partial charge in [0, 0.05) is 27.1 Å². The molecule has 6 aromatic carbocycles. The molecule has 7 aromatic rings. The molecule has 3 amide bonds. The maximum atomic E-state index is 13.8. The summed E-state index contributed by atoms with van der Waals surface area (Å²) in [6, 6.07) is 47.7. The van der Waals surface area contributed by atoms with Gasteiger partial charge in [-0.25, -0.2) is 4.98 Å². The highest BCUT2D eigenvalue weighted by atomic mass is 35.5. The Hall–Kier alpha value is -6.17. The zero-order valence-corrected chi connectivity index (χ0v) is 33.7. The number of hydrogen-bond donors (Lipinski definition) is 3. The number of rotatable bonds is 14. The van der Waals surface area contributed by atoms with Crippen molar-refractivity contribution in [1.29, 1.82) is 0 Å². The zero-order valence-electron chi connectivity index (χ0n) is 30.6. The van der Waals surface area contributed by atoms with Crippen LogP contribution in [0.4, 0.5) is 10.8 Å². The van der Waals surface area contributed by atoms with Crippen LogP contribution in [0.15, 0.2) is 174 Å². The van der Waals surface area contributed by atoms with Gasteiger partial charge in [0.2, 0.25) is 5.91 Å². The predicted molar refractivity (Wildman–Crippen MR) is 235 cm³/mol. The highest BCUT2D eigenvalue weighted by molar-refractivity contribution is 8.00. The summed E-state index contributed by atoms with van der Waals surface area (Å²) in [6.07, 6.45) is 1.61. The van der Waals surface area contributed by atoms with E-state index >= 15 is 0 Å². The molecule has 0 spiro atoms. The molecular weight excluding hydrogens is 808 g/mol. The zero-order chi connectivity index (χ0) is 40.3. The second-order valence-electron chi connectivity index (χ2n) is 12.8. The summed E-state index contributed by atoms with van der Waals surface area (Å²) in [7, 11) is 0. The molecule has 58 heavy (non-hydrogen) atoms. The predicted octanol–water partition coefficient (Wildman–Crippen LogP) is 11.6. The number of carbonyl (C=O) groups excluding carboxylic acids is 3. The van der Waals surface area contributed by atoms with E-state index in [0.29, 0.717) is 50.0 Å². The minimum Gasteiger partial charge on any atom is -0.489 e. The SMILES string of the molecule is O=C(Nc1ccc(SC(C(=O)Nc2nc(-c3ccc(Cl)c(Cl)c3)cs2)c2ccccc2)cc1)/C(=C/c1ccc(OCc2ccccc2)cc1)NC(=O)c1ccccc1. The molecule has 0 aliphatic heterocycles. The van der Waals surface area contributed by atoms with Gasteiger partial charge in [0.25, 0.3) is 11.8 Å². The molecule has 0 aliphatic rings. The minimum atomic E-state index is -0.614. The number of nitrogens with one attached hydrogen (secondary N) is 3. The Labute approximate surface area is 353 Å². The average molecular weight is 842 g/mol. The van der Waals surface area contributed by atoms with Crippen LogP contribution in [-0.2, 0) is 16.2 Å². The van der Waals surface area contributed by atoms with Gasteiger partial charge in [0.15, 0.2) is 5.13 Å². The topological polar surface area (TPSA) is 109 Å². The van der Waals surface area contributed by atoms with Crippen LogP contribution in [0.2, 0.25) is 10.0 Å². The molecular formula is C46H34Cl2N4O4S2. The van der Waals surface area contributed by atoms with Gasteiger partial charge in [-0.3, -0.25) is 14.4 Å². The molecule has 3 N–H and O–H groups in total. The van der Waals surface area contributed by atoms with Crippen molar-refractivity contribution in [2.45, 2.75) is 16.8 Å². The van der Waals surface area contributed by atoms with Crippen LogP contribution in [0.3, 0.4) is 0 Å². The van der Waals surface area contributed by atoms with Gasteiger partial charge in [-0.05, 0) is 83.4 Å². The minimum absolute atomic E-state index is 0.0515. The molecule has 8 nitrogen and oxygen atoms in total. The van der Waals surface area contributed by atoms with E-state index < -0.39 is 17.1 Å². The van der Waals surface area contributed by atoms with Crippen molar-refractivity contribution in [2.24, 2.45) is 0 Å². The van der Waals surface area contributed by atoms with Crippen LogP contribution in [0.1, 0.15) is 32.3 Å². The molecule has 7 rings (SSSR count). The fraction of sp³-hybridized carbons (Fsp3) is 0.0435. The third-order valence-corrected chi connectivity index (χ3v) is 11.4. The molecule has 0 aliphatic carbocycles. The first-order chi connectivity index (χ1) is 28.3. The number of thiazole rings is 1. The number of thioether (sulfide) groups is 1. The van der Waals surface area contributed by atoms with Crippen molar-refractivity contribution in [3.8, 4) is 17.0 Å². The lowest BCUT2D eigenvalue weighted by Gasteiger charge is -2.17. The van der Waals surface area contributed by atoms with E-state index in [1.54, 1.807) is 54.6 Å². The number of halogens is 2. The average Bonchev–Trinajstić information content (AvgIpc) is 3.73. The standard InChI is InChI=1S/C46H34Cl2N4O4S2/c47-38-25-18-34(27-39(38)48)41-29-57-46(51-41)52-45(55)42(32-12-6-2-7-13-32)58-37-23-19-35(20-24-37)49-44(54)40(50-43(53)33-14-8-3-9-15-33)26-30-16-21-36(22-17-30)56-28-31-10-4-1-5-11-31/h1-27,29,42H,28H2,(H,49,54)(H,50,53)(H,51,52,55)/b40-26-. The van der Waals surface area contributed by atoms with Gasteiger partial charge in [0.1, 0.15) is 23.3 Å². The van der Waals surface area contributed by atoms with E-state index in [2.05, 4.69) is 20.9 Å². The Morgan fingerprint density at radius 1 is 0.741 bits per heavy atom. The van der Waals surface area contributed by atoms with Crippen LogP contribution in [-0.4, -0.2) is 22.7 Å². The van der Waals surface area contributed by atoms with E-state index in [9.17, 15) is 14.4 Å². The van der Waals surface area contributed by atoms with Gasteiger partial charge in [0.05, 0.1) is 15.7 Å². The summed E-state index contributed by atoms with van der Waals surface area (Å²) in [5.41, 5.74) is 4.95. The Morgan fingerprint density at radius 3 is 2.10 bits per heavy atom. The van der Waals surface area contributed by atoms with Crippen LogP contribution in [0, 0.1) is 0 Å². The first-order valence-corrected chi connectivity index (χ1v) is 20.5. The molecule has 1 heterocycles. The first kappa shape index (κ1) is 40.0. The third kappa shape index (κ3) is 10.8. The molecule has 1 unspecified atom stereocenters. The van der Waals surface area contributed by atoms with E-state index in [0.717, 1.165) is 21.6 Å². The third-order valence-electron chi connectivity index (χ3n) is 8.62. The number of aromatic nitrogens is 1. The maximum Gasteiger partial charge on any atom is 0.272 e. The van der Waals surface area contributed by atoms with Crippen molar-refractivity contribution < 1.29 is 19.1 Å². The molecule has 0 bridgehead atoms. The van der Waals surface area contributed by atoms with Crippen LogP contribution in [0.25, 0.3) is 17.3 Å². The summed E-state index contributed by atoms with van der Waals surface area (Å²) in [6.45, 7) is 0.420. The number of benzene rings is 6. The smallest absolute Gasteiger partial charge is 0.272 e. The lowest BCUT2D eigenvalue weighted by molar-refractivity contribution is -0.116. The van der Waals surface area contributed by atoms with Crippen molar-refractivity contribution in [2.75, 3.05) is 10.6 Å². The number of hydrogen-bond acceptors (Lipinski definition) is 7.